The molecule has 2 aliphatic heterocycles. The van der Waals surface area contributed by atoms with Crippen molar-refractivity contribution in [3.05, 3.63) is 11.2 Å². The van der Waals surface area contributed by atoms with Crippen LogP contribution in [0.4, 0.5) is 11.8 Å². The van der Waals surface area contributed by atoms with Crippen molar-refractivity contribution in [3.8, 4) is 0 Å². The average molecular weight is 399 g/mol. The highest BCUT2D eigenvalue weighted by Crippen LogP contribution is 2.25. The maximum atomic E-state index is 6.21. The van der Waals surface area contributed by atoms with E-state index >= 15 is 0 Å². The number of nitrogens with zero attached hydrogens (tertiary/aromatic N) is 4. The highest BCUT2D eigenvalue weighted by atomic mass is 35.5. The lowest BCUT2D eigenvalue weighted by atomic mass is 10.0. The predicted octanol–water partition coefficient (Wildman–Crippen LogP) is 2.13. The van der Waals surface area contributed by atoms with Gasteiger partial charge in [0.05, 0.1) is 13.2 Å². The minimum absolute atomic E-state index is 0.423. The number of aromatic nitrogens is 2. The summed E-state index contributed by atoms with van der Waals surface area (Å²) in [6, 6.07) is 2.28. The molecule has 0 unspecified atom stereocenters. The Hall–Kier alpha value is -1.22. The first kappa shape index (κ1) is 19.5. The molecular formula is C17H27ClN6OS. The molecule has 26 heavy (non-hydrogen) atoms. The number of piperidine rings is 1. The predicted molar refractivity (Wildman–Crippen MR) is 109 cm³/mol. The maximum Gasteiger partial charge on any atom is 0.232 e. The molecule has 3 heterocycles. The van der Waals surface area contributed by atoms with E-state index in [1.807, 2.05) is 6.07 Å². The standard InChI is InChI=1S/C17H27ClN6OS/c1-13-4-2-3-6-24(13)15-12-14(18)20-16(21-15)22-17(26)19-5-7-23-8-10-25-11-9-23/h12-13H,2-11H2,1H3,(H2,19,20,21,22,26)/t13-/m0/s1. The minimum Gasteiger partial charge on any atom is -0.379 e. The Kier molecular flexibility index (Phi) is 7.24. The molecule has 0 spiro atoms. The summed E-state index contributed by atoms with van der Waals surface area (Å²) in [6.45, 7) is 8.46. The first-order chi connectivity index (χ1) is 12.6. The first-order valence-corrected chi connectivity index (χ1v) is 10.1. The van der Waals surface area contributed by atoms with Gasteiger partial charge in [-0.3, -0.25) is 4.90 Å². The third-order valence-electron chi connectivity index (χ3n) is 4.82. The Morgan fingerprint density at radius 2 is 2.12 bits per heavy atom. The number of halogens is 1. The van der Waals surface area contributed by atoms with E-state index in [-0.39, 0.29) is 0 Å². The minimum atomic E-state index is 0.423. The lowest BCUT2D eigenvalue weighted by Gasteiger charge is -2.34. The van der Waals surface area contributed by atoms with Crippen LogP contribution in [0.25, 0.3) is 0 Å². The van der Waals surface area contributed by atoms with Gasteiger partial charge in [0.15, 0.2) is 5.11 Å². The van der Waals surface area contributed by atoms with Gasteiger partial charge in [-0.25, -0.2) is 4.98 Å². The third kappa shape index (κ3) is 5.64. The fourth-order valence-corrected chi connectivity index (χ4v) is 3.72. The maximum absolute atomic E-state index is 6.21. The van der Waals surface area contributed by atoms with Crippen LogP contribution >= 0.6 is 23.8 Å². The Morgan fingerprint density at radius 1 is 1.31 bits per heavy atom. The second kappa shape index (κ2) is 9.64. The zero-order valence-corrected chi connectivity index (χ0v) is 16.8. The topological polar surface area (TPSA) is 65.6 Å². The van der Waals surface area contributed by atoms with E-state index in [4.69, 9.17) is 28.6 Å². The van der Waals surface area contributed by atoms with Gasteiger partial charge in [-0.05, 0) is 38.4 Å². The number of ether oxygens (including phenoxy) is 1. The summed E-state index contributed by atoms with van der Waals surface area (Å²) < 4.78 is 5.35. The zero-order valence-electron chi connectivity index (χ0n) is 15.2. The monoisotopic (exact) mass is 398 g/mol. The van der Waals surface area contributed by atoms with E-state index in [0.717, 1.165) is 51.8 Å². The highest BCUT2D eigenvalue weighted by Gasteiger charge is 2.21. The Morgan fingerprint density at radius 3 is 2.88 bits per heavy atom. The summed E-state index contributed by atoms with van der Waals surface area (Å²) in [5.41, 5.74) is 0. The number of thiocarbonyl (C=S) groups is 1. The van der Waals surface area contributed by atoms with Crippen LogP contribution in [0.2, 0.25) is 5.15 Å². The number of hydrogen-bond acceptors (Lipinski definition) is 6. The van der Waals surface area contributed by atoms with Gasteiger partial charge >= 0.3 is 0 Å². The van der Waals surface area contributed by atoms with Gasteiger partial charge < -0.3 is 20.3 Å². The van der Waals surface area contributed by atoms with Crippen molar-refractivity contribution in [1.82, 2.24) is 20.2 Å². The number of rotatable bonds is 5. The summed E-state index contributed by atoms with van der Waals surface area (Å²) in [5.74, 6) is 1.30. The summed E-state index contributed by atoms with van der Waals surface area (Å²) in [4.78, 5) is 13.5. The van der Waals surface area contributed by atoms with Crippen LogP contribution in [0.1, 0.15) is 26.2 Å². The van der Waals surface area contributed by atoms with Crippen molar-refractivity contribution in [2.24, 2.45) is 0 Å². The molecule has 1 atom stereocenters. The molecule has 0 amide bonds. The van der Waals surface area contributed by atoms with Crippen LogP contribution in [-0.4, -0.2) is 72.0 Å². The van der Waals surface area contributed by atoms with Crippen molar-refractivity contribution in [3.63, 3.8) is 0 Å². The van der Waals surface area contributed by atoms with E-state index in [1.165, 1.54) is 19.3 Å². The molecule has 144 valence electrons. The van der Waals surface area contributed by atoms with Crippen LogP contribution in [0, 0.1) is 0 Å². The molecule has 0 saturated carbocycles. The van der Waals surface area contributed by atoms with Gasteiger partial charge in [-0.1, -0.05) is 11.6 Å². The quantitative estimate of drug-likeness (QED) is 0.577. The van der Waals surface area contributed by atoms with E-state index in [9.17, 15) is 0 Å². The molecule has 1 aromatic heterocycles. The Bertz CT molecular complexity index is 613. The van der Waals surface area contributed by atoms with Gasteiger partial charge in [0.2, 0.25) is 5.95 Å². The van der Waals surface area contributed by atoms with Crippen molar-refractivity contribution in [2.75, 3.05) is 56.2 Å². The Labute approximate surface area is 165 Å². The van der Waals surface area contributed by atoms with Crippen molar-refractivity contribution in [1.29, 1.82) is 0 Å². The van der Waals surface area contributed by atoms with Gasteiger partial charge in [0.1, 0.15) is 11.0 Å². The van der Waals surface area contributed by atoms with Crippen LogP contribution < -0.4 is 15.5 Å². The molecule has 0 aromatic carbocycles. The SMILES string of the molecule is C[C@H]1CCCCN1c1cc(Cl)nc(NC(=S)NCCN2CCOCC2)n1. The molecule has 2 fully saturated rings. The van der Waals surface area contributed by atoms with E-state index < -0.39 is 0 Å². The van der Waals surface area contributed by atoms with Crippen molar-refractivity contribution in [2.45, 2.75) is 32.2 Å². The molecule has 0 bridgehead atoms. The summed E-state index contributed by atoms with van der Waals surface area (Å²) in [6.07, 6.45) is 3.61. The molecule has 3 rings (SSSR count). The zero-order chi connectivity index (χ0) is 18.4. The molecule has 1 aromatic rings. The average Bonchev–Trinajstić information content (AvgIpc) is 2.62. The summed E-state index contributed by atoms with van der Waals surface area (Å²) in [7, 11) is 0. The molecule has 0 aliphatic carbocycles. The van der Waals surface area contributed by atoms with Gasteiger partial charge in [-0.15, -0.1) is 0 Å². The first-order valence-electron chi connectivity index (χ1n) is 9.28. The lowest BCUT2D eigenvalue weighted by Crippen LogP contribution is -2.42. The Balaban J connectivity index is 1.52. The van der Waals surface area contributed by atoms with Gasteiger partial charge in [-0.2, -0.15) is 4.98 Å². The van der Waals surface area contributed by atoms with Crippen LogP contribution in [0.15, 0.2) is 6.07 Å². The fraction of sp³-hybridized carbons (Fsp3) is 0.706. The molecule has 2 saturated heterocycles. The highest BCUT2D eigenvalue weighted by molar-refractivity contribution is 7.80. The lowest BCUT2D eigenvalue weighted by molar-refractivity contribution is 0.0389. The normalized spacial score (nSPS) is 21.5. The largest absolute Gasteiger partial charge is 0.379 e. The van der Waals surface area contributed by atoms with Crippen LogP contribution in [0.3, 0.4) is 0 Å². The molecule has 7 nitrogen and oxygen atoms in total. The van der Waals surface area contributed by atoms with E-state index in [0.29, 0.717) is 22.3 Å². The summed E-state index contributed by atoms with van der Waals surface area (Å²) >= 11 is 11.6. The second-order valence-electron chi connectivity index (χ2n) is 6.75. The second-order valence-corrected chi connectivity index (χ2v) is 7.54. The van der Waals surface area contributed by atoms with Gasteiger partial charge in [0.25, 0.3) is 0 Å². The number of hydrogen-bond donors (Lipinski definition) is 2. The van der Waals surface area contributed by atoms with Crippen LogP contribution in [0.5, 0.6) is 0 Å². The molecule has 2 N–H and O–H groups in total. The van der Waals surface area contributed by atoms with Crippen LogP contribution in [-0.2, 0) is 4.74 Å². The fourth-order valence-electron chi connectivity index (χ4n) is 3.35. The third-order valence-corrected chi connectivity index (χ3v) is 5.26. The molecule has 0 radical (unpaired) electrons. The van der Waals surface area contributed by atoms with E-state index in [2.05, 4.69) is 37.3 Å². The molecular weight excluding hydrogens is 372 g/mol. The number of morpholine rings is 1. The van der Waals surface area contributed by atoms with E-state index in [1.54, 1.807) is 0 Å². The smallest absolute Gasteiger partial charge is 0.232 e. The number of nitrogens with one attached hydrogen (secondary N) is 2. The molecule has 2 aliphatic rings. The molecule has 9 heteroatoms. The number of anilines is 2. The summed E-state index contributed by atoms with van der Waals surface area (Å²) in [5, 5.41) is 7.20. The van der Waals surface area contributed by atoms with Gasteiger partial charge in [0, 0.05) is 44.8 Å². The van der Waals surface area contributed by atoms with Crippen molar-refractivity contribution >= 4 is 40.7 Å². The van der Waals surface area contributed by atoms with Crippen molar-refractivity contribution < 1.29 is 4.74 Å².